The molecule has 0 unspecified atom stereocenters. The zero-order valence-corrected chi connectivity index (χ0v) is 14.4. The predicted molar refractivity (Wildman–Crippen MR) is 94.6 cm³/mol. The van der Waals surface area contributed by atoms with Gasteiger partial charge >= 0.3 is 0 Å². The van der Waals surface area contributed by atoms with Crippen LogP contribution in [0.3, 0.4) is 0 Å². The Balaban J connectivity index is 1.50. The summed E-state index contributed by atoms with van der Waals surface area (Å²) in [4.78, 5) is 12.1. The second-order valence-electron chi connectivity index (χ2n) is 6.86. The van der Waals surface area contributed by atoms with Crippen molar-refractivity contribution >= 4 is 5.91 Å². The summed E-state index contributed by atoms with van der Waals surface area (Å²) in [6.07, 6.45) is 9.26. The summed E-state index contributed by atoms with van der Waals surface area (Å²) >= 11 is 0. The van der Waals surface area contributed by atoms with E-state index < -0.39 is 0 Å². The van der Waals surface area contributed by atoms with Gasteiger partial charge in [0.1, 0.15) is 12.0 Å². The summed E-state index contributed by atoms with van der Waals surface area (Å²) in [6, 6.07) is 8.20. The number of nitrogens with one attached hydrogen (secondary N) is 1. The monoisotopic (exact) mass is 326 g/mol. The lowest BCUT2D eigenvalue weighted by atomic mass is 9.89. The number of carbonyl (C=O) groups is 1. The van der Waals surface area contributed by atoms with E-state index >= 15 is 0 Å². The van der Waals surface area contributed by atoms with E-state index in [0.717, 1.165) is 23.4 Å². The number of amides is 1. The smallest absolute Gasteiger partial charge is 0.220 e. The SMILES string of the molecule is Cc1ccc(-c2nocc2CCC(=O)NCC2CCCCC2)cc1. The van der Waals surface area contributed by atoms with Gasteiger partial charge in [0, 0.05) is 24.1 Å². The van der Waals surface area contributed by atoms with Crippen molar-refractivity contribution in [3.05, 3.63) is 41.7 Å². The minimum atomic E-state index is 0.122. The van der Waals surface area contributed by atoms with Crippen LogP contribution >= 0.6 is 0 Å². The molecule has 4 heteroatoms. The average molecular weight is 326 g/mol. The standard InChI is InChI=1S/C20H26N2O2/c1-15-7-9-17(10-8-15)20-18(14-24-22-20)11-12-19(23)21-13-16-5-3-2-4-6-16/h7-10,14,16H,2-6,11-13H2,1H3,(H,21,23). The molecule has 0 radical (unpaired) electrons. The molecule has 0 saturated heterocycles. The zero-order valence-electron chi connectivity index (χ0n) is 14.4. The van der Waals surface area contributed by atoms with E-state index in [-0.39, 0.29) is 5.91 Å². The number of hydrogen-bond acceptors (Lipinski definition) is 3. The summed E-state index contributed by atoms with van der Waals surface area (Å²) in [7, 11) is 0. The maximum Gasteiger partial charge on any atom is 0.220 e. The van der Waals surface area contributed by atoms with Gasteiger partial charge in [-0.3, -0.25) is 4.79 Å². The van der Waals surface area contributed by atoms with Crippen molar-refractivity contribution in [3.63, 3.8) is 0 Å². The molecule has 1 aromatic carbocycles. The van der Waals surface area contributed by atoms with Crippen molar-refractivity contribution < 1.29 is 9.32 Å². The third kappa shape index (κ3) is 4.47. The highest BCUT2D eigenvalue weighted by Crippen LogP contribution is 2.24. The molecule has 4 nitrogen and oxygen atoms in total. The molecule has 0 bridgehead atoms. The number of carbonyl (C=O) groups excluding carboxylic acids is 1. The van der Waals surface area contributed by atoms with Crippen molar-refractivity contribution in [2.75, 3.05) is 6.54 Å². The molecule has 2 aromatic rings. The van der Waals surface area contributed by atoms with E-state index in [4.69, 9.17) is 4.52 Å². The van der Waals surface area contributed by atoms with Crippen LogP contribution in [0.15, 0.2) is 35.1 Å². The highest BCUT2D eigenvalue weighted by Gasteiger charge is 2.15. The fourth-order valence-electron chi connectivity index (χ4n) is 3.37. The van der Waals surface area contributed by atoms with Crippen LogP contribution in [0.2, 0.25) is 0 Å². The second-order valence-corrected chi connectivity index (χ2v) is 6.86. The number of benzene rings is 1. The summed E-state index contributed by atoms with van der Waals surface area (Å²) in [6.45, 7) is 2.89. The Morgan fingerprint density at radius 2 is 1.96 bits per heavy atom. The van der Waals surface area contributed by atoms with Crippen LogP contribution in [-0.2, 0) is 11.2 Å². The van der Waals surface area contributed by atoms with Crippen LogP contribution in [0.5, 0.6) is 0 Å². The third-order valence-corrected chi connectivity index (χ3v) is 4.90. The molecule has 1 amide bonds. The molecular weight excluding hydrogens is 300 g/mol. The van der Waals surface area contributed by atoms with E-state index in [1.54, 1.807) is 6.26 Å². The van der Waals surface area contributed by atoms with Gasteiger partial charge in [0.05, 0.1) is 0 Å². The Kier molecular flexibility index (Phi) is 5.68. The van der Waals surface area contributed by atoms with E-state index in [9.17, 15) is 4.79 Å². The van der Waals surface area contributed by atoms with Gasteiger partial charge < -0.3 is 9.84 Å². The lowest BCUT2D eigenvalue weighted by Crippen LogP contribution is -2.30. The first-order valence-electron chi connectivity index (χ1n) is 8.99. The molecule has 0 aliphatic heterocycles. The largest absolute Gasteiger partial charge is 0.364 e. The molecule has 24 heavy (non-hydrogen) atoms. The Bertz CT molecular complexity index is 655. The third-order valence-electron chi connectivity index (χ3n) is 4.90. The van der Waals surface area contributed by atoms with E-state index in [1.165, 1.54) is 37.7 Å². The van der Waals surface area contributed by atoms with Gasteiger partial charge in [-0.25, -0.2) is 0 Å². The quantitative estimate of drug-likeness (QED) is 0.862. The minimum absolute atomic E-state index is 0.122. The molecule has 1 heterocycles. The van der Waals surface area contributed by atoms with E-state index in [0.29, 0.717) is 18.8 Å². The van der Waals surface area contributed by atoms with E-state index in [2.05, 4.69) is 29.5 Å². The molecule has 1 saturated carbocycles. The Morgan fingerprint density at radius 1 is 1.21 bits per heavy atom. The number of aryl methyl sites for hydroxylation is 2. The molecule has 1 fully saturated rings. The summed E-state index contributed by atoms with van der Waals surface area (Å²) in [5.41, 5.74) is 4.08. The molecule has 1 N–H and O–H groups in total. The summed E-state index contributed by atoms with van der Waals surface area (Å²) in [5.74, 6) is 0.790. The summed E-state index contributed by atoms with van der Waals surface area (Å²) in [5, 5.41) is 7.20. The van der Waals surface area contributed by atoms with Crippen LogP contribution in [0, 0.1) is 12.8 Å². The lowest BCUT2D eigenvalue weighted by molar-refractivity contribution is -0.121. The first-order chi connectivity index (χ1) is 11.7. The molecule has 128 valence electrons. The van der Waals surface area contributed by atoms with Gasteiger partial charge in [-0.05, 0) is 32.1 Å². The Morgan fingerprint density at radius 3 is 2.71 bits per heavy atom. The topological polar surface area (TPSA) is 55.1 Å². The van der Waals surface area contributed by atoms with Crippen molar-refractivity contribution in [3.8, 4) is 11.3 Å². The zero-order chi connectivity index (χ0) is 16.8. The average Bonchev–Trinajstić information content (AvgIpc) is 3.08. The molecular formula is C20H26N2O2. The van der Waals surface area contributed by atoms with Gasteiger partial charge in [-0.2, -0.15) is 0 Å². The first-order valence-corrected chi connectivity index (χ1v) is 8.99. The molecule has 1 aliphatic carbocycles. The van der Waals surface area contributed by atoms with E-state index in [1.807, 2.05) is 12.1 Å². The molecule has 1 aliphatic rings. The lowest BCUT2D eigenvalue weighted by Gasteiger charge is -2.21. The molecule has 0 atom stereocenters. The van der Waals surface area contributed by atoms with Crippen LogP contribution in [-0.4, -0.2) is 17.6 Å². The van der Waals surface area contributed by atoms with Gasteiger partial charge in [-0.1, -0.05) is 54.2 Å². The summed E-state index contributed by atoms with van der Waals surface area (Å²) < 4.78 is 5.14. The van der Waals surface area contributed by atoms with Gasteiger partial charge in [-0.15, -0.1) is 0 Å². The number of hydrogen-bond donors (Lipinski definition) is 1. The van der Waals surface area contributed by atoms with Crippen molar-refractivity contribution in [1.82, 2.24) is 10.5 Å². The highest BCUT2D eigenvalue weighted by molar-refractivity contribution is 5.76. The number of nitrogens with zero attached hydrogens (tertiary/aromatic N) is 1. The minimum Gasteiger partial charge on any atom is -0.364 e. The first kappa shape index (κ1) is 16.7. The highest BCUT2D eigenvalue weighted by atomic mass is 16.5. The normalized spacial score (nSPS) is 15.4. The fraction of sp³-hybridized carbons (Fsp3) is 0.500. The van der Waals surface area contributed by atoms with Crippen LogP contribution in [0.4, 0.5) is 0 Å². The van der Waals surface area contributed by atoms with Crippen molar-refractivity contribution in [2.45, 2.75) is 51.9 Å². The van der Waals surface area contributed by atoms with Crippen molar-refractivity contribution in [1.29, 1.82) is 0 Å². The Hall–Kier alpha value is -2.10. The predicted octanol–water partition coefficient (Wildman–Crippen LogP) is 4.28. The van der Waals surface area contributed by atoms with Gasteiger partial charge in [0.15, 0.2) is 0 Å². The van der Waals surface area contributed by atoms with Gasteiger partial charge in [0.25, 0.3) is 0 Å². The number of aromatic nitrogens is 1. The second kappa shape index (κ2) is 8.13. The molecule has 0 spiro atoms. The molecule has 1 aromatic heterocycles. The fourth-order valence-corrected chi connectivity index (χ4v) is 3.37. The van der Waals surface area contributed by atoms with Crippen LogP contribution < -0.4 is 5.32 Å². The Labute approximate surface area is 143 Å². The van der Waals surface area contributed by atoms with Crippen LogP contribution in [0.1, 0.15) is 49.7 Å². The van der Waals surface area contributed by atoms with Gasteiger partial charge in [0.2, 0.25) is 5.91 Å². The molecule has 3 rings (SSSR count). The maximum atomic E-state index is 12.1. The number of rotatable bonds is 6. The van der Waals surface area contributed by atoms with Crippen LogP contribution in [0.25, 0.3) is 11.3 Å². The maximum absolute atomic E-state index is 12.1. The van der Waals surface area contributed by atoms with Crippen molar-refractivity contribution in [2.24, 2.45) is 5.92 Å².